The number of likely N-dealkylation sites (N-methyl/N-ethyl adjacent to an activating group) is 1. The van der Waals surface area contributed by atoms with Crippen molar-refractivity contribution in [3.8, 4) is 0 Å². The smallest absolute Gasteiger partial charge is 0.236 e. The van der Waals surface area contributed by atoms with Crippen LogP contribution in [-0.4, -0.2) is 35.4 Å². The Kier molecular flexibility index (Phi) is 4.49. The first-order chi connectivity index (χ1) is 7.50. The molecule has 1 N–H and O–H groups in total. The van der Waals surface area contributed by atoms with Crippen molar-refractivity contribution in [1.29, 1.82) is 0 Å². The van der Waals surface area contributed by atoms with E-state index in [0.717, 1.165) is 5.76 Å². The Balaban J connectivity index is 2.28. The van der Waals surface area contributed by atoms with Gasteiger partial charge >= 0.3 is 0 Å². The summed E-state index contributed by atoms with van der Waals surface area (Å²) in [4.78, 5) is 17.3. The number of aromatic nitrogens is 1. The SMILES string of the molecule is Cc1cnc(CNCC(=O)N(C)C(C)C)o1. The van der Waals surface area contributed by atoms with Gasteiger partial charge in [-0.15, -0.1) is 0 Å². The fraction of sp³-hybridized carbons (Fsp3) is 0.636. The Hall–Kier alpha value is -1.36. The quantitative estimate of drug-likeness (QED) is 0.810. The number of rotatable bonds is 5. The number of oxazole rings is 1. The summed E-state index contributed by atoms with van der Waals surface area (Å²) in [5, 5.41) is 3.00. The van der Waals surface area contributed by atoms with Gasteiger partial charge < -0.3 is 9.32 Å². The van der Waals surface area contributed by atoms with Crippen molar-refractivity contribution in [2.75, 3.05) is 13.6 Å². The molecule has 0 spiro atoms. The topological polar surface area (TPSA) is 58.4 Å². The van der Waals surface area contributed by atoms with Crippen LogP contribution in [0.5, 0.6) is 0 Å². The van der Waals surface area contributed by atoms with Gasteiger partial charge in [-0.1, -0.05) is 0 Å². The van der Waals surface area contributed by atoms with E-state index in [2.05, 4.69) is 10.3 Å². The number of carbonyl (C=O) groups is 1. The van der Waals surface area contributed by atoms with E-state index in [1.807, 2.05) is 20.8 Å². The maximum atomic E-state index is 11.6. The van der Waals surface area contributed by atoms with Crippen LogP contribution in [0.1, 0.15) is 25.5 Å². The van der Waals surface area contributed by atoms with E-state index < -0.39 is 0 Å². The lowest BCUT2D eigenvalue weighted by molar-refractivity contribution is -0.130. The molecule has 1 rings (SSSR count). The van der Waals surface area contributed by atoms with E-state index in [4.69, 9.17) is 4.42 Å². The lowest BCUT2D eigenvalue weighted by Gasteiger charge is -2.21. The van der Waals surface area contributed by atoms with E-state index in [1.54, 1.807) is 18.1 Å². The Morgan fingerprint density at radius 2 is 2.31 bits per heavy atom. The zero-order chi connectivity index (χ0) is 12.1. The summed E-state index contributed by atoms with van der Waals surface area (Å²) in [6.07, 6.45) is 1.67. The summed E-state index contributed by atoms with van der Waals surface area (Å²) in [7, 11) is 1.80. The van der Waals surface area contributed by atoms with Crippen molar-refractivity contribution in [2.45, 2.75) is 33.4 Å². The molecular weight excluding hydrogens is 206 g/mol. The second kappa shape index (κ2) is 5.65. The fourth-order valence-corrected chi connectivity index (χ4v) is 1.17. The first-order valence-corrected chi connectivity index (χ1v) is 5.38. The molecule has 90 valence electrons. The van der Waals surface area contributed by atoms with Crippen molar-refractivity contribution >= 4 is 5.91 Å². The summed E-state index contributed by atoms with van der Waals surface area (Å²) in [5.41, 5.74) is 0. The molecule has 5 nitrogen and oxygen atoms in total. The van der Waals surface area contributed by atoms with Crippen LogP contribution in [0, 0.1) is 6.92 Å². The molecule has 1 aromatic heterocycles. The molecule has 0 aliphatic heterocycles. The number of amides is 1. The highest BCUT2D eigenvalue weighted by atomic mass is 16.4. The summed E-state index contributed by atoms with van der Waals surface area (Å²) < 4.78 is 5.27. The first-order valence-electron chi connectivity index (χ1n) is 5.38. The molecule has 16 heavy (non-hydrogen) atoms. The molecule has 0 fully saturated rings. The summed E-state index contributed by atoms with van der Waals surface area (Å²) in [6, 6.07) is 0.221. The van der Waals surface area contributed by atoms with Crippen LogP contribution in [0.25, 0.3) is 0 Å². The Morgan fingerprint density at radius 3 is 2.81 bits per heavy atom. The van der Waals surface area contributed by atoms with Gasteiger partial charge in [0.1, 0.15) is 5.76 Å². The number of aryl methyl sites for hydroxylation is 1. The van der Waals surface area contributed by atoms with Gasteiger partial charge in [-0.05, 0) is 20.8 Å². The van der Waals surface area contributed by atoms with Crippen molar-refractivity contribution < 1.29 is 9.21 Å². The van der Waals surface area contributed by atoms with E-state index >= 15 is 0 Å². The maximum absolute atomic E-state index is 11.6. The molecule has 0 bridgehead atoms. The highest BCUT2D eigenvalue weighted by Gasteiger charge is 2.11. The van der Waals surface area contributed by atoms with E-state index in [0.29, 0.717) is 19.0 Å². The molecule has 0 aromatic carbocycles. The lowest BCUT2D eigenvalue weighted by Crippen LogP contribution is -2.39. The van der Waals surface area contributed by atoms with Gasteiger partial charge in [0.25, 0.3) is 0 Å². The largest absolute Gasteiger partial charge is 0.445 e. The molecule has 5 heteroatoms. The number of carbonyl (C=O) groups excluding carboxylic acids is 1. The minimum atomic E-state index is 0.0679. The highest BCUT2D eigenvalue weighted by molar-refractivity contribution is 5.78. The van der Waals surface area contributed by atoms with Gasteiger partial charge in [0.2, 0.25) is 11.8 Å². The van der Waals surface area contributed by atoms with E-state index in [9.17, 15) is 4.79 Å². The third kappa shape index (κ3) is 3.66. The maximum Gasteiger partial charge on any atom is 0.236 e. The Bertz CT molecular complexity index is 347. The van der Waals surface area contributed by atoms with E-state index in [1.165, 1.54) is 0 Å². The minimum absolute atomic E-state index is 0.0679. The summed E-state index contributed by atoms with van der Waals surface area (Å²) in [5.74, 6) is 1.46. The second-order valence-electron chi connectivity index (χ2n) is 4.07. The summed E-state index contributed by atoms with van der Waals surface area (Å²) in [6.45, 7) is 6.58. The van der Waals surface area contributed by atoms with Crippen LogP contribution in [0.2, 0.25) is 0 Å². The molecule has 0 unspecified atom stereocenters. The zero-order valence-corrected chi connectivity index (χ0v) is 10.3. The van der Waals surface area contributed by atoms with Crippen LogP contribution >= 0.6 is 0 Å². The highest BCUT2D eigenvalue weighted by Crippen LogP contribution is 2.00. The van der Waals surface area contributed by atoms with Crippen LogP contribution in [0.4, 0.5) is 0 Å². The third-order valence-corrected chi connectivity index (χ3v) is 2.39. The zero-order valence-electron chi connectivity index (χ0n) is 10.3. The van der Waals surface area contributed by atoms with Crippen LogP contribution < -0.4 is 5.32 Å². The van der Waals surface area contributed by atoms with Crippen LogP contribution in [0.3, 0.4) is 0 Å². The molecule has 0 radical (unpaired) electrons. The Morgan fingerprint density at radius 1 is 1.62 bits per heavy atom. The van der Waals surface area contributed by atoms with Crippen LogP contribution in [0.15, 0.2) is 10.6 Å². The van der Waals surface area contributed by atoms with Crippen molar-refractivity contribution in [3.05, 3.63) is 17.8 Å². The second-order valence-corrected chi connectivity index (χ2v) is 4.07. The van der Waals surface area contributed by atoms with Gasteiger partial charge in [0.05, 0.1) is 19.3 Å². The minimum Gasteiger partial charge on any atom is -0.445 e. The number of nitrogens with zero attached hydrogens (tertiary/aromatic N) is 2. The molecule has 1 heterocycles. The Labute approximate surface area is 95.8 Å². The van der Waals surface area contributed by atoms with Gasteiger partial charge in [0.15, 0.2) is 0 Å². The number of hydrogen-bond donors (Lipinski definition) is 1. The van der Waals surface area contributed by atoms with Crippen molar-refractivity contribution in [2.24, 2.45) is 0 Å². The average molecular weight is 225 g/mol. The fourth-order valence-electron chi connectivity index (χ4n) is 1.17. The van der Waals surface area contributed by atoms with Crippen molar-refractivity contribution in [1.82, 2.24) is 15.2 Å². The number of hydrogen-bond acceptors (Lipinski definition) is 4. The lowest BCUT2D eigenvalue weighted by atomic mass is 10.3. The van der Waals surface area contributed by atoms with Crippen LogP contribution in [-0.2, 0) is 11.3 Å². The molecule has 0 atom stereocenters. The monoisotopic (exact) mass is 225 g/mol. The van der Waals surface area contributed by atoms with E-state index in [-0.39, 0.29) is 11.9 Å². The predicted octanol–water partition coefficient (Wildman–Crippen LogP) is 0.939. The molecule has 0 aliphatic carbocycles. The molecular formula is C11H19N3O2. The standard InChI is InChI=1S/C11H19N3O2/c1-8(2)14(4)11(15)7-12-6-10-13-5-9(3)16-10/h5,8,12H,6-7H2,1-4H3. The molecule has 0 aliphatic rings. The average Bonchev–Trinajstić information content (AvgIpc) is 2.62. The molecule has 1 amide bonds. The van der Waals surface area contributed by atoms with Gasteiger partial charge in [0, 0.05) is 13.1 Å². The third-order valence-electron chi connectivity index (χ3n) is 2.39. The number of nitrogens with one attached hydrogen (secondary N) is 1. The summed E-state index contributed by atoms with van der Waals surface area (Å²) >= 11 is 0. The molecule has 1 aromatic rings. The molecule has 0 saturated carbocycles. The predicted molar refractivity (Wildman–Crippen MR) is 60.9 cm³/mol. The van der Waals surface area contributed by atoms with Gasteiger partial charge in [-0.3, -0.25) is 10.1 Å². The van der Waals surface area contributed by atoms with Gasteiger partial charge in [-0.25, -0.2) is 4.98 Å². The normalized spacial score (nSPS) is 10.8. The van der Waals surface area contributed by atoms with Gasteiger partial charge in [-0.2, -0.15) is 0 Å². The molecule has 0 saturated heterocycles. The van der Waals surface area contributed by atoms with Crippen molar-refractivity contribution in [3.63, 3.8) is 0 Å². The first kappa shape index (κ1) is 12.7.